The highest BCUT2D eigenvalue weighted by Crippen LogP contribution is 2.29. The summed E-state index contributed by atoms with van der Waals surface area (Å²) >= 11 is 0. The molecule has 0 N–H and O–H groups in total. The summed E-state index contributed by atoms with van der Waals surface area (Å²) < 4.78 is 40.7. The Kier molecular flexibility index (Phi) is 6.59. The van der Waals surface area contributed by atoms with Gasteiger partial charge in [-0.25, -0.2) is 13.8 Å². The molecule has 0 bridgehead atoms. The second kappa shape index (κ2) is 10.2. The number of carbonyl (C=O) groups excluding carboxylic acids is 1. The number of para-hydroxylation sites is 2. The van der Waals surface area contributed by atoms with E-state index in [-0.39, 0.29) is 29.8 Å². The van der Waals surface area contributed by atoms with E-state index < -0.39 is 12.2 Å². The summed E-state index contributed by atoms with van der Waals surface area (Å²) in [5.41, 5.74) is 0.905. The van der Waals surface area contributed by atoms with Crippen LogP contribution in [0, 0.1) is 0 Å². The van der Waals surface area contributed by atoms with E-state index in [4.69, 9.17) is 14.1 Å². The van der Waals surface area contributed by atoms with Crippen LogP contribution in [-0.4, -0.2) is 86.8 Å². The molecule has 13 heteroatoms. The summed E-state index contributed by atoms with van der Waals surface area (Å²) in [4.78, 5) is 36.7. The number of hydrogen-bond acceptors (Lipinski definition) is 9. The van der Waals surface area contributed by atoms with Gasteiger partial charge in [-0.2, -0.15) is 15.0 Å². The van der Waals surface area contributed by atoms with Crippen molar-refractivity contribution in [1.82, 2.24) is 29.4 Å². The molecule has 11 nitrogen and oxygen atoms in total. The molecular weight excluding hydrogens is 510 g/mol. The van der Waals surface area contributed by atoms with Gasteiger partial charge in [0.15, 0.2) is 11.6 Å². The highest BCUT2D eigenvalue weighted by molar-refractivity contribution is 5.91. The van der Waals surface area contributed by atoms with Crippen molar-refractivity contribution in [3.63, 3.8) is 0 Å². The number of nitrogens with zero attached hydrogens (tertiary/aromatic N) is 8. The van der Waals surface area contributed by atoms with Gasteiger partial charge in [0.25, 0.3) is 12.3 Å². The molecule has 4 aromatic rings. The first-order valence-corrected chi connectivity index (χ1v) is 12.9. The minimum absolute atomic E-state index is 0.0429. The first-order chi connectivity index (χ1) is 18.9. The number of ether oxygens (including phenoxy) is 1. The van der Waals surface area contributed by atoms with E-state index in [1.807, 2.05) is 23.6 Å². The van der Waals surface area contributed by atoms with Gasteiger partial charge in [0.05, 0.1) is 36.0 Å². The van der Waals surface area contributed by atoms with Crippen LogP contribution in [-0.2, 0) is 4.74 Å². The number of rotatable bonds is 5. The summed E-state index contributed by atoms with van der Waals surface area (Å²) in [5, 5.41) is 0. The van der Waals surface area contributed by atoms with Crippen molar-refractivity contribution in [1.29, 1.82) is 0 Å². The van der Waals surface area contributed by atoms with Crippen LogP contribution < -0.4 is 9.80 Å². The lowest BCUT2D eigenvalue weighted by Crippen LogP contribution is -2.50. The monoisotopic (exact) mass is 538 g/mol. The third-order valence-electron chi connectivity index (χ3n) is 7.30. The summed E-state index contributed by atoms with van der Waals surface area (Å²) in [6, 6.07) is 10.2. The molecule has 3 aromatic heterocycles. The van der Waals surface area contributed by atoms with E-state index in [1.54, 1.807) is 41.3 Å². The second-order valence-electron chi connectivity index (χ2n) is 9.60. The molecule has 2 unspecified atom stereocenters. The fourth-order valence-electron chi connectivity index (χ4n) is 5.00. The standard InChI is InChI=1S/C26H28F2N8O3/c1-16-17(2)38-15-13-35(16)25-30-24(34-11-9-33(10-12-34)23(37)20-8-5-14-39-20)31-26(32-25)36-19-7-4-3-6-18(19)29-22(36)21(27)28/h3-8,14,16-17,21H,9-13,15H2,1-2H3. The van der Waals surface area contributed by atoms with Crippen LogP contribution in [0.4, 0.5) is 20.7 Å². The molecule has 0 spiro atoms. The number of morpholine rings is 1. The molecule has 2 saturated heterocycles. The summed E-state index contributed by atoms with van der Waals surface area (Å²) in [5.74, 6) is 0.472. The van der Waals surface area contributed by atoms with Crippen molar-refractivity contribution < 1.29 is 22.7 Å². The van der Waals surface area contributed by atoms with Gasteiger partial charge >= 0.3 is 0 Å². The molecule has 6 rings (SSSR count). The Morgan fingerprint density at radius 1 is 0.923 bits per heavy atom. The highest BCUT2D eigenvalue weighted by atomic mass is 19.3. The lowest BCUT2D eigenvalue weighted by Gasteiger charge is -2.38. The van der Waals surface area contributed by atoms with Gasteiger partial charge in [-0.05, 0) is 38.1 Å². The number of amides is 1. The molecule has 1 aromatic carbocycles. The molecule has 5 heterocycles. The number of anilines is 2. The van der Waals surface area contributed by atoms with Crippen LogP contribution in [0.1, 0.15) is 36.7 Å². The van der Waals surface area contributed by atoms with Crippen molar-refractivity contribution >= 4 is 28.8 Å². The number of fused-ring (bicyclic) bond motifs is 1. The number of carbonyl (C=O) groups is 1. The van der Waals surface area contributed by atoms with Gasteiger partial charge < -0.3 is 23.9 Å². The number of imidazole rings is 1. The second-order valence-corrected chi connectivity index (χ2v) is 9.60. The third-order valence-corrected chi connectivity index (χ3v) is 7.30. The maximum Gasteiger partial charge on any atom is 0.296 e. The Labute approximate surface area is 223 Å². The van der Waals surface area contributed by atoms with Crippen LogP contribution in [0.25, 0.3) is 17.0 Å². The molecule has 0 radical (unpaired) electrons. The maximum atomic E-state index is 14.2. The zero-order valence-electron chi connectivity index (χ0n) is 21.6. The van der Waals surface area contributed by atoms with Crippen molar-refractivity contribution in [3.05, 3.63) is 54.2 Å². The van der Waals surface area contributed by atoms with Gasteiger partial charge in [0.2, 0.25) is 17.8 Å². The number of hydrogen-bond donors (Lipinski definition) is 0. The quantitative estimate of drug-likeness (QED) is 0.378. The lowest BCUT2D eigenvalue weighted by molar-refractivity contribution is 0.0277. The van der Waals surface area contributed by atoms with Crippen molar-refractivity contribution in [2.45, 2.75) is 32.4 Å². The van der Waals surface area contributed by atoms with Gasteiger partial charge in [-0.1, -0.05) is 12.1 Å². The first-order valence-electron chi connectivity index (χ1n) is 12.9. The average molecular weight is 539 g/mol. The normalized spacial score (nSPS) is 20.3. The van der Waals surface area contributed by atoms with Crippen molar-refractivity contribution in [2.75, 3.05) is 49.1 Å². The number of aromatic nitrogens is 5. The fraction of sp³-hybridized carbons (Fsp3) is 0.423. The largest absolute Gasteiger partial charge is 0.459 e. The zero-order chi connectivity index (χ0) is 27.1. The minimum Gasteiger partial charge on any atom is -0.459 e. The van der Waals surface area contributed by atoms with E-state index in [0.29, 0.717) is 62.3 Å². The molecule has 2 aliphatic heterocycles. The van der Waals surface area contributed by atoms with Crippen LogP contribution in [0.5, 0.6) is 0 Å². The molecule has 204 valence electrons. The molecule has 0 saturated carbocycles. The van der Waals surface area contributed by atoms with Gasteiger partial charge in [0, 0.05) is 32.7 Å². The number of furan rings is 1. The summed E-state index contributed by atoms with van der Waals surface area (Å²) in [6.07, 6.45) is -1.43. The Morgan fingerprint density at radius 2 is 1.67 bits per heavy atom. The molecule has 1 amide bonds. The maximum absolute atomic E-state index is 14.2. The van der Waals surface area contributed by atoms with E-state index in [2.05, 4.69) is 15.0 Å². The molecule has 2 fully saturated rings. The lowest BCUT2D eigenvalue weighted by atomic mass is 10.1. The van der Waals surface area contributed by atoms with Crippen LogP contribution in [0.3, 0.4) is 0 Å². The number of alkyl halides is 2. The van der Waals surface area contributed by atoms with Crippen LogP contribution in [0.15, 0.2) is 47.1 Å². The van der Waals surface area contributed by atoms with Gasteiger partial charge in [-0.3, -0.25) is 9.36 Å². The Bertz CT molecular complexity index is 1470. The summed E-state index contributed by atoms with van der Waals surface area (Å²) in [7, 11) is 0. The Hall–Kier alpha value is -4.13. The highest BCUT2D eigenvalue weighted by Gasteiger charge is 2.31. The first kappa shape index (κ1) is 25.2. The van der Waals surface area contributed by atoms with Gasteiger partial charge in [0.1, 0.15) is 0 Å². The van der Waals surface area contributed by atoms with E-state index >= 15 is 0 Å². The molecule has 2 atom stereocenters. The van der Waals surface area contributed by atoms with Crippen LogP contribution >= 0.6 is 0 Å². The van der Waals surface area contributed by atoms with E-state index in [9.17, 15) is 13.6 Å². The number of piperazine rings is 1. The van der Waals surface area contributed by atoms with Gasteiger partial charge in [-0.15, -0.1) is 0 Å². The summed E-state index contributed by atoms with van der Waals surface area (Å²) in [6.45, 7) is 6.80. The average Bonchev–Trinajstić information content (AvgIpc) is 3.63. The zero-order valence-corrected chi connectivity index (χ0v) is 21.6. The minimum atomic E-state index is -2.83. The third kappa shape index (κ3) is 4.67. The van der Waals surface area contributed by atoms with E-state index in [1.165, 1.54) is 10.8 Å². The molecule has 39 heavy (non-hydrogen) atoms. The van der Waals surface area contributed by atoms with Crippen molar-refractivity contribution in [2.24, 2.45) is 0 Å². The SMILES string of the molecule is CC1OCCN(c2nc(N3CCN(C(=O)c4ccco4)CC3)nc(-n3c(C(F)F)nc4ccccc43)n2)C1C. The smallest absolute Gasteiger partial charge is 0.296 e. The molecule has 0 aliphatic carbocycles. The molecular formula is C26H28F2N8O3. The predicted molar refractivity (Wildman–Crippen MR) is 138 cm³/mol. The van der Waals surface area contributed by atoms with E-state index in [0.717, 1.165) is 0 Å². The van der Waals surface area contributed by atoms with Crippen LogP contribution in [0.2, 0.25) is 0 Å². The Morgan fingerprint density at radius 3 is 2.41 bits per heavy atom. The predicted octanol–water partition coefficient (Wildman–Crippen LogP) is 3.32. The fourth-order valence-corrected chi connectivity index (χ4v) is 5.00. The number of halogens is 2. The number of benzene rings is 1. The van der Waals surface area contributed by atoms with Crippen molar-refractivity contribution in [3.8, 4) is 5.95 Å². The topological polar surface area (TPSA) is 106 Å². The Balaban J connectivity index is 1.39. The molecule has 2 aliphatic rings.